The molecule has 0 fully saturated rings. The third-order valence-corrected chi connectivity index (χ3v) is 0.434. The first-order valence-electron chi connectivity index (χ1n) is 1.76. The summed E-state index contributed by atoms with van der Waals surface area (Å²) in [4.78, 5) is 0. The molecule has 0 heterocycles. The maximum atomic E-state index is 8.27. The molecular weight excluding hydrogens is 115 g/mol. The molecule has 1 N–H and O–H groups in total. The zero-order valence-corrected chi connectivity index (χ0v) is 6.63. The van der Waals surface area contributed by atoms with Gasteiger partial charge in [0.1, 0.15) is 0 Å². The minimum absolute atomic E-state index is 0. The van der Waals surface area contributed by atoms with E-state index in [0.29, 0.717) is 0 Å². The van der Waals surface area contributed by atoms with Crippen molar-refractivity contribution in [2.45, 2.75) is 12.5 Å². The summed E-state index contributed by atoms with van der Waals surface area (Å²) in [7, 11) is 0. The predicted molar refractivity (Wildman–Crippen MR) is 27.6 cm³/mol. The Morgan fingerprint density at radius 2 is 2.00 bits per heavy atom. The van der Waals surface area contributed by atoms with Gasteiger partial charge in [0.25, 0.3) is 0 Å². The SMILES string of the molecule is N#CCC(O)C#N.[Na]. The molecule has 1 unspecified atom stereocenters. The number of nitriles is 2. The molecule has 1 atom stereocenters. The Kier molecular flexibility index (Phi) is 9.40. The molecule has 0 amide bonds. The number of aliphatic hydroxyl groups is 1. The van der Waals surface area contributed by atoms with Crippen LogP contribution in [0, 0.1) is 22.7 Å². The van der Waals surface area contributed by atoms with Crippen LogP contribution < -0.4 is 0 Å². The molecule has 37 valence electrons. The minimum atomic E-state index is -1.11. The van der Waals surface area contributed by atoms with Gasteiger partial charge in [-0.15, -0.1) is 0 Å². The number of rotatable bonds is 1. The summed E-state index contributed by atoms with van der Waals surface area (Å²) in [5.41, 5.74) is 0. The van der Waals surface area contributed by atoms with E-state index in [1.165, 1.54) is 6.07 Å². The van der Waals surface area contributed by atoms with Gasteiger partial charge >= 0.3 is 0 Å². The van der Waals surface area contributed by atoms with Gasteiger partial charge in [-0.25, -0.2) is 0 Å². The van der Waals surface area contributed by atoms with Crippen LogP contribution in [-0.4, -0.2) is 40.8 Å². The van der Waals surface area contributed by atoms with Gasteiger partial charge in [0, 0.05) is 29.6 Å². The Morgan fingerprint density at radius 1 is 1.50 bits per heavy atom. The average Bonchev–Trinajstić information content (AvgIpc) is 1.68. The van der Waals surface area contributed by atoms with E-state index in [1.807, 2.05) is 0 Å². The van der Waals surface area contributed by atoms with E-state index >= 15 is 0 Å². The summed E-state index contributed by atoms with van der Waals surface area (Å²) in [6, 6.07) is 3.14. The third-order valence-electron chi connectivity index (χ3n) is 0.434. The number of hydrogen-bond donors (Lipinski definition) is 1. The summed E-state index contributed by atoms with van der Waals surface area (Å²) in [5, 5.41) is 23.9. The zero-order valence-electron chi connectivity index (χ0n) is 4.63. The first-order chi connectivity index (χ1) is 3.31. The van der Waals surface area contributed by atoms with Crippen LogP contribution in [0.25, 0.3) is 0 Å². The number of aliphatic hydroxyl groups excluding tert-OH is 1. The van der Waals surface area contributed by atoms with Crippen LogP contribution in [-0.2, 0) is 0 Å². The maximum Gasteiger partial charge on any atom is 0.153 e. The quantitative estimate of drug-likeness (QED) is 0.370. The van der Waals surface area contributed by atoms with E-state index in [0.717, 1.165) is 0 Å². The van der Waals surface area contributed by atoms with Crippen molar-refractivity contribution in [1.82, 2.24) is 0 Å². The van der Waals surface area contributed by atoms with Crippen LogP contribution in [0.1, 0.15) is 6.42 Å². The Labute approximate surface area is 69.8 Å². The Hall–Kier alpha value is -0.0600. The smallest absolute Gasteiger partial charge is 0.153 e. The van der Waals surface area contributed by atoms with E-state index in [2.05, 4.69) is 0 Å². The molecular formula is C4H4N2NaO. The molecule has 0 aromatic rings. The fraction of sp³-hybridized carbons (Fsp3) is 0.500. The molecule has 8 heavy (non-hydrogen) atoms. The van der Waals surface area contributed by atoms with Crippen LogP contribution in [0.5, 0.6) is 0 Å². The third kappa shape index (κ3) is 5.94. The van der Waals surface area contributed by atoms with Gasteiger partial charge in [0.2, 0.25) is 0 Å². The van der Waals surface area contributed by atoms with Gasteiger partial charge in [0.15, 0.2) is 6.10 Å². The molecule has 3 nitrogen and oxygen atoms in total. The normalized spacial score (nSPS) is 9.88. The topological polar surface area (TPSA) is 67.8 Å². The summed E-state index contributed by atoms with van der Waals surface area (Å²) in [6.07, 6.45) is -1.21. The number of nitrogens with zero attached hydrogens (tertiary/aromatic N) is 2. The van der Waals surface area contributed by atoms with E-state index in [9.17, 15) is 0 Å². The summed E-state index contributed by atoms with van der Waals surface area (Å²) < 4.78 is 0. The van der Waals surface area contributed by atoms with Gasteiger partial charge in [-0.05, 0) is 0 Å². The van der Waals surface area contributed by atoms with Gasteiger partial charge in [-0.3, -0.25) is 0 Å². The summed E-state index contributed by atoms with van der Waals surface area (Å²) >= 11 is 0. The zero-order chi connectivity index (χ0) is 5.70. The van der Waals surface area contributed by atoms with Crippen molar-refractivity contribution < 1.29 is 5.11 Å². The van der Waals surface area contributed by atoms with E-state index < -0.39 is 6.10 Å². The van der Waals surface area contributed by atoms with Gasteiger partial charge in [-0.1, -0.05) is 0 Å². The van der Waals surface area contributed by atoms with Crippen LogP contribution in [0.15, 0.2) is 0 Å². The van der Waals surface area contributed by atoms with Crippen molar-refractivity contribution in [1.29, 1.82) is 10.5 Å². The Balaban J connectivity index is 0. The van der Waals surface area contributed by atoms with Crippen LogP contribution in [0.4, 0.5) is 0 Å². The maximum absolute atomic E-state index is 8.27. The van der Waals surface area contributed by atoms with Crippen LogP contribution in [0.2, 0.25) is 0 Å². The second-order valence-electron chi connectivity index (χ2n) is 1.01. The van der Waals surface area contributed by atoms with Crippen molar-refractivity contribution in [2.75, 3.05) is 0 Å². The van der Waals surface area contributed by atoms with Crippen molar-refractivity contribution in [2.24, 2.45) is 0 Å². The molecule has 0 aliphatic carbocycles. The van der Waals surface area contributed by atoms with E-state index in [1.54, 1.807) is 6.07 Å². The average molecular weight is 119 g/mol. The molecule has 0 aliphatic rings. The summed E-state index contributed by atoms with van der Waals surface area (Å²) in [6.45, 7) is 0. The minimum Gasteiger partial charge on any atom is -0.377 e. The molecule has 0 rings (SSSR count). The van der Waals surface area contributed by atoms with Crippen molar-refractivity contribution in [3.05, 3.63) is 0 Å². The molecule has 0 aromatic carbocycles. The Morgan fingerprint density at radius 3 is 2.12 bits per heavy atom. The van der Waals surface area contributed by atoms with Gasteiger partial charge in [0.05, 0.1) is 18.6 Å². The molecule has 0 saturated carbocycles. The Bertz CT molecular complexity index is 123. The second-order valence-corrected chi connectivity index (χ2v) is 1.01. The molecule has 4 heteroatoms. The van der Waals surface area contributed by atoms with Gasteiger partial charge in [-0.2, -0.15) is 10.5 Å². The molecule has 0 spiro atoms. The summed E-state index contributed by atoms with van der Waals surface area (Å²) in [5.74, 6) is 0. The molecule has 1 radical (unpaired) electrons. The van der Waals surface area contributed by atoms with E-state index in [4.69, 9.17) is 15.6 Å². The molecule has 0 aromatic heterocycles. The fourth-order valence-electron chi connectivity index (χ4n) is 0.132. The van der Waals surface area contributed by atoms with Crippen LogP contribution >= 0.6 is 0 Å². The van der Waals surface area contributed by atoms with Gasteiger partial charge < -0.3 is 5.11 Å². The first kappa shape index (κ1) is 10.8. The largest absolute Gasteiger partial charge is 0.377 e. The van der Waals surface area contributed by atoms with Crippen molar-refractivity contribution in [3.63, 3.8) is 0 Å². The second kappa shape index (κ2) is 6.94. The van der Waals surface area contributed by atoms with Crippen LogP contribution in [0.3, 0.4) is 0 Å². The standard InChI is InChI=1S/C4H4N2O.Na/c5-2-1-4(7)3-6;/h4,7H,1H2;. The first-order valence-corrected chi connectivity index (χ1v) is 1.76. The molecule has 0 bridgehead atoms. The molecule has 0 saturated heterocycles. The monoisotopic (exact) mass is 119 g/mol. The molecule has 0 aliphatic heterocycles. The van der Waals surface area contributed by atoms with Crippen molar-refractivity contribution in [3.8, 4) is 12.1 Å². The van der Waals surface area contributed by atoms with Crippen molar-refractivity contribution >= 4 is 29.6 Å². The van der Waals surface area contributed by atoms with E-state index in [-0.39, 0.29) is 36.0 Å². The number of hydrogen-bond acceptors (Lipinski definition) is 3. The fourth-order valence-corrected chi connectivity index (χ4v) is 0.132. The predicted octanol–water partition coefficient (Wildman–Crippen LogP) is -0.596.